The molecule has 2 N–H and O–H groups in total. The quantitative estimate of drug-likeness (QED) is 0.298. The molecule has 1 aliphatic heterocycles. The Morgan fingerprint density at radius 3 is 2.29 bits per heavy atom. The number of hydrogen-bond acceptors (Lipinski definition) is 8. The molecule has 0 saturated heterocycles. The highest BCUT2D eigenvalue weighted by Gasteiger charge is 2.25. The van der Waals surface area contributed by atoms with Gasteiger partial charge in [0.25, 0.3) is 11.8 Å². The van der Waals surface area contributed by atoms with Crippen LogP contribution in [0.4, 0.5) is 14.5 Å². The third-order valence-corrected chi connectivity index (χ3v) is 6.60. The van der Waals surface area contributed by atoms with Crippen LogP contribution in [0.1, 0.15) is 35.9 Å². The second kappa shape index (κ2) is 15.7. The van der Waals surface area contributed by atoms with Gasteiger partial charge in [-0.1, -0.05) is 36.3 Å². The molecule has 0 fully saturated rings. The SMILES string of the molecule is CCNCCN(C(=O)CNCC(=O)N(C)N1Cc2ccccc2C1)c1ccc(-c2noc(C(F)F)n2)cc1C.Cl.Cl. The van der Waals surface area contributed by atoms with E-state index in [-0.39, 0.29) is 55.5 Å². The van der Waals surface area contributed by atoms with Crippen molar-refractivity contribution in [1.29, 1.82) is 0 Å². The lowest BCUT2D eigenvalue weighted by atomic mass is 10.1. The Morgan fingerprint density at radius 2 is 1.71 bits per heavy atom. The van der Waals surface area contributed by atoms with Crippen molar-refractivity contribution in [3.8, 4) is 11.4 Å². The predicted molar refractivity (Wildman–Crippen MR) is 156 cm³/mol. The summed E-state index contributed by atoms with van der Waals surface area (Å²) in [5.41, 5.74) is 4.31. The highest BCUT2D eigenvalue weighted by Crippen LogP contribution is 2.27. The van der Waals surface area contributed by atoms with E-state index in [1.165, 1.54) is 11.1 Å². The van der Waals surface area contributed by atoms with Gasteiger partial charge in [-0.25, -0.2) is 5.01 Å². The highest BCUT2D eigenvalue weighted by atomic mass is 35.5. The minimum atomic E-state index is -2.85. The molecule has 41 heavy (non-hydrogen) atoms. The number of anilines is 1. The Hall–Kier alpha value is -3.16. The van der Waals surface area contributed by atoms with E-state index < -0.39 is 12.3 Å². The smallest absolute Gasteiger partial charge is 0.315 e. The maximum Gasteiger partial charge on any atom is 0.315 e. The molecule has 0 aliphatic carbocycles. The van der Waals surface area contributed by atoms with E-state index in [9.17, 15) is 18.4 Å². The number of rotatable bonds is 12. The van der Waals surface area contributed by atoms with Crippen molar-refractivity contribution in [2.75, 3.05) is 44.7 Å². The van der Waals surface area contributed by atoms with E-state index in [2.05, 4.69) is 37.4 Å². The summed E-state index contributed by atoms with van der Waals surface area (Å²) in [5.74, 6) is -1.03. The predicted octanol–water partition coefficient (Wildman–Crippen LogP) is 3.75. The molecule has 14 heteroatoms. The molecule has 2 heterocycles. The van der Waals surface area contributed by atoms with Gasteiger partial charge < -0.3 is 14.7 Å². The van der Waals surface area contributed by atoms with Crippen LogP contribution in [0.5, 0.6) is 0 Å². The summed E-state index contributed by atoms with van der Waals surface area (Å²) in [6, 6.07) is 13.2. The number of amides is 2. The summed E-state index contributed by atoms with van der Waals surface area (Å²) in [7, 11) is 1.74. The van der Waals surface area contributed by atoms with E-state index in [0.29, 0.717) is 37.4 Å². The maximum atomic E-state index is 13.3. The Bertz CT molecular complexity index is 1290. The maximum absolute atomic E-state index is 13.3. The number of hydrogen-bond donors (Lipinski definition) is 2. The van der Waals surface area contributed by atoms with Gasteiger partial charge in [-0.2, -0.15) is 13.8 Å². The average molecular weight is 615 g/mol. The normalized spacial score (nSPS) is 12.4. The van der Waals surface area contributed by atoms with Crippen molar-refractivity contribution >= 4 is 42.3 Å². The Balaban J connectivity index is 0.00000294. The van der Waals surface area contributed by atoms with Gasteiger partial charge in [0.15, 0.2) is 0 Å². The molecule has 3 aromatic rings. The van der Waals surface area contributed by atoms with Gasteiger partial charge >= 0.3 is 6.43 Å². The molecule has 2 aromatic carbocycles. The average Bonchev–Trinajstić information content (AvgIpc) is 3.59. The van der Waals surface area contributed by atoms with Crippen LogP contribution in [0, 0.1) is 6.92 Å². The Labute approximate surface area is 250 Å². The van der Waals surface area contributed by atoms with Crippen LogP contribution in [0.2, 0.25) is 0 Å². The van der Waals surface area contributed by atoms with Gasteiger partial charge in [0.2, 0.25) is 11.7 Å². The zero-order valence-corrected chi connectivity index (χ0v) is 24.7. The van der Waals surface area contributed by atoms with Crippen LogP contribution in [0.15, 0.2) is 47.0 Å². The first kappa shape index (κ1) is 34.0. The van der Waals surface area contributed by atoms with Crippen molar-refractivity contribution in [1.82, 2.24) is 30.8 Å². The van der Waals surface area contributed by atoms with Crippen molar-refractivity contribution in [2.45, 2.75) is 33.4 Å². The summed E-state index contributed by atoms with van der Waals surface area (Å²) >= 11 is 0. The molecule has 10 nitrogen and oxygen atoms in total. The summed E-state index contributed by atoms with van der Waals surface area (Å²) in [5, 5.41) is 13.4. The first-order valence-corrected chi connectivity index (χ1v) is 12.8. The number of carbonyl (C=O) groups is 2. The largest absolute Gasteiger partial charge is 0.333 e. The Morgan fingerprint density at radius 1 is 1.05 bits per heavy atom. The van der Waals surface area contributed by atoms with Crippen LogP contribution in [0.3, 0.4) is 0 Å². The van der Waals surface area contributed by atoms with Crippen molar-refractivity contribution in [3.63, 3.8) is 0 Å². The first-order chi connectivity index (χ1) is 18.8. The molecule has 1 aromatic heterocycles. The number of alkyl halides is 2. The molecule has 0 unspecified atom stereocenters. The first-order valence-electron chi connectivity index (χ1n) is 12.8. The number of nitrogens with one attached hydrogen (secondary N) is 2. The van der Waals surface area contributed by atoms with E-state index in [1.807, 2.05) is 31.0 Å². The number of aromatic nitrogens is 2. The fourth-order valence-corrected chi connectivity index (χ4v) is 4.46. The van der Waals surface area contributed by atoms with Crippen LogP contribution in [-0.2, 0) is 22.7 Å². The van der Waals surface area contributed by atoms with E-state index in [4.69, 9.17) is 0 Å². The fraction of sp³-hybridized carbons (Fsp3) is 0.407. The zero-order chi connectivity index (χ0) is 27.9. The molecule has 2 amide bonds. The third kappa shape index (κ3) is 8.43. The van der Waals surface area contributed by atoms with Gasteiger partial charge in [0.05, 0.1) is 13.1 Å². The topological polar surface area (TPSA) is 107 Å². The van der Waals surface area contributed by atoms with Crippen LogP contribution < -0.4 is 15.5 Å². The number of hydrazine groups is 1. The molecule has 0 spiro atoms. The number of aryl methyl sites for hydroxylation is 1. The second-order valence-corrected chi connectivity index (χ2v) is 9.27. The lowest BCUT2D eigenvalue weighted by Crippen LogP contribution is -2.47. The van der Waals surface area contributed by atoms with Crippen molar-refractivity contribution in [2.24, 2.45) is 0 Å². The van der Waals surface area contributed by atoms with Crippen LogP contribution >= 0.6 is 24.8 Å². The van der Waals surface area contributed by atoms with Gasteiger partial charge in [-0.15, -0.1) is 24.8 Å². The van der Waals surface area contributed by atoms with Gasteiger partial charge in [0.1, 0.15) is 0 Å². The minimum Gasteiger partial charge on any atom is -0.333 e. The molecule has 224 valence electrons. The molecular weight excluding hydrogens is 579 g/mol. The standard InChI is InChI=1S/C27H33F2N7O3.2ClH/c1-4-30-11-12-36(22-10-9-19(13-18(22)2)26-32-27(25(28)29)39-33-26)24(38)15-31-14-23(37)34(3)35-16-20-7-5-6-8-21(20)17-35;;/h5-10,13,25,30-31H,4,11-12,14-17H2,1-3H3;2*1H. The van der Waals surface area contributed by atoms with Gasteiger partial charge in [-0.3, -0.25) is 19.9 Å². The molecule has 0 bridgehead atoms. The van der Waals surface area contributed by atoms with Gasteiger partial charge in [-0.05, 0) is 48.4 Å². The minimum absolute atomic E-state index is 0. The van der Waals surface area contributed by atoms with Crippen molar-refractivity contribution in [3.05, 3.63) is 65.0 Å². The van der Waals surface area contributed by atoms with Crippen LogP contribution in [-0.4, -0.2) is 71.7 Å². The summed E-state index contributed by atoms with van der Waals surface area (Å²) in [4.78, 5) is 31.4. The van der Waals surface area contributed by atoms with Crippen molar-refractivity contribution < 1.29 is 22.9 Å². The fourth-order valence-electron chi connectivity index (χ4n) is 4.46. The third-order valence-electron chi connectivity index (χ3n) is 6.60. The molecule has 0 saturated carbocycles. The number of benzene rings is 2. The number of halogens is 4. The zero-order valence-electron chi connectivity index (χ0n) is 23.1. The number of nitrogens with zero attached hydrogens (tertiary/aromatic N) is 5. The van der Waals surface area contributed by atoms with Crippen LogP contribution in [0.25, 0.3) is 11.4 Å². The summed E-state index contributed by atoms with van der Waals surface area (Å²) < 4.78 is 30.3. The molecule has 1 aliphatic rings. The van der Waals surface area contributed by atoms with E-state index in [0.717, 1.165) is 12.1 Å². The molecule has 4 rings (SSSR count). The van der Waals surface area contributed by atoms with Gasteiger partial charge in [0, 0.05) is 44.5 Å². The highest BCUT2D eigenvalue weighted by molar-refractivity contribution is 5.96. The molecular formula is C27H35Cl2F2N7O3. The monoisotopic (exact) mass is 613 g/mol. The number of carbonyl (C=O) groups excluding carboxylic acids is 2. The molecule has 0 atom stereocenters. The lowest BCUT2D eigenvalue weighted by molar-refractivity contribution is -0.145. The lowest BCUT2D eigenvalue weighted by Gasteiger charge is -2.28. The number of likely N-dealkylation sites (N-methyl/N-ethyl adjacent to an activating group) is 2. The Kier molecular flexibility index (Phi) is 13.1. The summed E-state index contributed by atoms with van der Waals surface area (Å²) in [6.07, 6.45) is -2.85. The summed E-state index contributed by atoms with van der Waals surface area (Å²) in [6.45, 7) is 6.84. The molecule has 0 radical (unpaired) electrons. The number of fused-ring (bicyclic) bond motifs is 1. The second-order valence-electron chi connectivity index (χ2n) is 9.27. The van der Waals surface area contributed by atoms with E-state index in [1.54, 1.807) is 35.2 Å². The van der Waals surface area contributed by atoms with E-state index >= 15 is 0 Å².